The molecule has 3 nitrogen and oxygen atoms in total. The van der Waals surface area contributed by atoms with Crippen LogP contribution in [0.1, 0.15) is 337 Å². The van der Waals surface area contributed by atoms with Crippen LogP contribution in [0.25, 0.3) is 0 Å². The average molecular weight is 966 g/mol. The molecule has 0 saturated heterocycles. The predicted octanol–water partition coefficient (Wildman–Crippen LogP) is 20.3. The summed E-state index contributed by atoms with van der Waals surface area (Å²) in [5.74, 6) is 1.17. The molecule has 0 bridgehead atoms. The quantitative estimate of drug-likeness (QED) is 0.0887. The number of hydrogen-bond donors (Lipinski definition) is 3. The van der Waals surface area contributed by atoms with E-state index in [1.807, 2.05) is 0 Å². The summed E-state index contributed by atoms with van der Waals surface area (Å²) in [6.07, 6.45) is 8.99. The van der Waals surface area contributed by atoms with E-state index in [0.29, 0.717) is 17.2 Å². The Morgan fingerprint density at radius 2 is 0.486 bits per heavy atom. The van der Waals surface area contributed by atoms with E-state index in [-0.39, 0.29) is 60.6 Å². The van der Waals surface area contributed by atoms with Crippen LogP contribution in [-0.4, -0.2) is 15.3 Å². The van der Waals surface area contributed by atoms with E-state index in [1.54, 1.807) is 0 Å². The molecule has 0 spiro atoms. The van der Waals surface area contributed by atoms with Gasteiger partial charge in [-0.15, -0.1) is 0 Å². The molecule has 0 aromatic heterocycles. The molecule has 3 heteroatoms. The van der Waals surface area contributed by atoms with Crippen molar-refractivity contribution in [3.05, 3.63) is 85.0 Å². The SMILES string of the molecule is CCC(C)(C)c1cc(O)c(C(C)(C)CC)c(C(C)(C)CC)c1C(C)CC(c1c(C(C)(C)CC)cc(O)c(C(C)(C)CC)c1C(C)(C)CC)c1c(C(C)(C)CC)cc(O)c(C(C)(C)CC)c1C(C)(C)CC. The molecule has 3 aromatic carbocycles. The molecule has 0 radical (unpaired) electrons. The Hall–Kier alpha value is -2.94. The van der Waals surface area contributed by atoms with E-state index >= 15 is 0 Å². The molecule has 70 heavy (non-hydrogen) atoms. The molecule has 1 unspecified atom stereocenters. The molecule has 0 saturated carbocycles. The van der Waals surface area contributed by atoms with E-state index < -0.39 is 0 Å². The molecular formula is C67H112O3. The fourth-order valence-corrected chi connectivity index (χ4v) is 11.6. The zero-order valence-electron chi connectivity index (χ0n) is 51.3. The van der Waals surface area contributed by atoms with Crippen LogP contribution in [0.15, 0.2) is 18.2 Å². The van der Waals surface area contributed by atoms with Gasteiger partial charge in [0.25, 0.3) is 0 Å². The first-order chi connectivity index (χ1) is 31.7. The normalized spacial score (nSPS) is 14.5. The second kappa shape index (κ2) is 21.1. The lowest BCUT2D eigenvalue weighted by Gasteiger charge is -2.46. The van der Waals surface area contributed by atoms with Gasteiger partial charge in [-0.1, -0.05) is 194 Å². The maximum atomic E-state index is 12.9. The van der Waals surface area contributed by atoms with Crippen molar-refractivity contribution >= 4 is 0 Å². The Kier molecular flexibility index (Phi) is 18.5. The van der Waals surface area contributed by atoms with Gasteiger partial charge in [-0.05, 0) is 187 Å². The largest absolute Gasteiger partial charge is 0.508 e. The van der Waals surface area contributed by atoms with E-state index in [9.17, 15) is 15.3 Å². The van der Waals surface area contributed by atoms with E-state index in [1.165, 1.54) is 50.1 Å². The summed E-state index contributed by atoms with van der Waals surface area (Å²) in [6, 6.07) is 6.61. The molecule has 0 aliphatic rings. The predicted molar refractivity (Wildman–Crippen MR) is 309 cm³/mol. The van der Waals surface area contributed by atoms with Crippen LogP contribution >= 0.6 is 0 Å². The van der Waals surface area contributed by atoms with Gasteiger partial charge in [0.05, 0.1) is 0 Å². The topological polar surface area (TPSA) is 60.7 Å². The molecule has 0 heterocycles. The van der Waals surface area contributed by atoms with Crippen molar-refractivity contribution in [3.63, 3.8) is 0 Å². The van der Waals surface area contributed by atoms with Crippen molar-refractivity contribution in [1.29, 1.82) is 0 Å². The second-order valence-corrected chi connectivity index (χ2v) is 28.1. The van der Waals surface area contributed by atoms with Crippen LogP contribution in [0.4, 0.5) is 0 Å². The molecule has 0 amide bonds. The van der Waals surface area contributed by atoms with Gasteiger partial charge in [-0.3, -0.25) is 0 Å². The third-order valence-corrected chi connectivity index (χ3v) is 20.0. The molecule has 0 aliphatic carbocycles. The minimum Gasteiger partial charge on any atom is -0.508 e. The summed E-state index contributed by atoms with van der Waals surface area (Å²) in [5.41, 5.74) is 12.6. The number of aromatic hydroxyl groups is 3. The maximum absolute atomic E-state index is 12.9. The van der Waals surface area contributed by atoms with Crippen LogP contribution in [0.2, 0.25) is 0 Å². The Bertz CT molecular complexity index is 2190. The van der Waals surface area contributed by atoms with Crippen LogP contribution in [0.5, 0.6) is 17.2 Å². The highest BCUT2D eigenvalue weighted by atomic mass is 16.3. The number of hydrogen-bond acceptors (Lipinski definition) is 3. The molecule has 3 N–H and O–H groups in total. The van der Waals surface area contributed by atoms with Crippen molar-refractivity contribution in [1.82, 2.24) is 0 Å². The van der Waals surface area contributed by atoms with Crippen molar-refractivity contribution in [3.8, 4) is 17.2 Å². The van der Waals surface area contributed by atoms with Crippen molar-refractivity contribution < 1.29 is 15.3 Å². The smallest absolute Gasteiger partial charge is 0.119 e. The summed E-state index contributed by atoms with van der Waals surface area (Å²) in [7, 11) is 0. The molecule has 0 aliphatic heterocycles. The Morgan fingerprint density at radius 3 is 0.700 bits per heavy atom. The highest BCUT2D eigenvalue weighted by Gasteiger charge is 2.47. The summed E-state index contributed by atoms with van der Waals surface area (Å²) in [6.45, 7) is 66.3. The highest BCUT2D eigenvalue weighted by Crippen LogP contribution is 2.59. The lowest BCUT2D eigenvalue weighted by Crippen LogP contribution is -2.35. The van der Waals surface area contributed by atoms with E-state index in [4.69, 9.17) is 0 Å². The summed E-state index contributed by atoms with van der Waals surface area (Å²) >= 11 is 0. The number of rotatable bonds is 23. The van der Waals surface area contributed by atoms with Crippen LogP contribution in [-0.2, 0) is 48.7 Å². The maximum Gasteiger partial charge on any atom is 0.119 e. The van der Waals surface area contributed by atoms with E-state index in [2.05, 4.69) is 212 Å². The second-order valence-electron chi connectivity index (χ2n) is 28.1. The lowest BCUT2D eigenvalue weighted by atomic mass is 9.58. The molecule has 3 aromatic rings. The van der Waals surface area contributed by atoms with Crippen LogP contribution in [0, 0.1) is 0 Å². The first-order valence-electron chi connectivity index (χ1n) is 28.5. The first kappa shape index (κ1) is 61.4. The Labute approximate surface area is 434 Å². The Morgan fingerprint density at radius 1 is 0.300 bits per heavy atom. The monoisotopic (exact) mass is 965 g/mol. The standard InChI is InChI=1S/C67H112O3/c1-29-59(11,12)44-39-47(68)53(62(17,18)32-4)56(65(23,24)35-7)50(44)42(10)38-43(51-45(60(13,14)30-2)40-48(69)54(63(19,20)33-5)57(51)66(25,26)36-8)52-46(61(15,16)31-3)41-49(70)55(64(21,22)34-6)58(52)67(27,28)37-9/h39-43,68-70H,29-38H2,1-28H3. The zero-order chi connectivity index (χ0) is 54.5. The lowest BCUT2D eigenvalue weighted by molar-refractivity contribution is 0.385. The van der Waals surface area contributed by atoms with Gasteiger partial charge in [-0.2, -0.15) is 0 Å². The van der Waals surface area contributed by atoms with Crippen LogP contribution < -0.4 is 0 Å². The first-order valence-corrected chi connectivity index (χ1v) is 28.5. The van der Waals surface area contributed by atoms with Crippen molar-refractivity contribution in [2.24, 2.45) is 0 Å². The highest BCUT2D eigenvalue weighted by molar-refractivity contribution is 5.66. The number of phenols is 3. The molecule has 0 fully saturated rings. The molecular weight excluding hydrogens is 853 g/mol. The van der Waals surface area contributed by atoms with Gasteiger partial charge in [0, 0.05) is 22.6 Å². The summed E-state index contributed by atoms with van der Waals surface area (Å²) < 4.78 is 0. The van der Waals surface area contributed by atoms with Crippen molar-refractivity contribution in [2.45, 2.75) is 319 Å². The van der Waals surface area contributed by atoms with Crippen LogP contribution in [0.3, 0.4) is 0 Å². The van der Waals surface area contributed by atoms with Gasteiger partial charge in [-0.25, -0.2) is 0 Å². The molecule has 1 atom stereocenters. The zero-order valence-corrected chi connectivity index (χ0v) is 51.3. The minimum absolute atomic E-state index is 0.0388. The minimum atomic E-state index is -0.318. The van der Waals surface area contributed by atoms with Gasteiger partial charge >= 0.3 is 0 Å². The third kappa shape index (κ3) is 11.2. The Balaban J connectivity index is 3.21. The third-order valence-electron chi connectivity index (χ3n) is 20.0. The molecule has 3 rings (SSSR count). The number of benzene rings is 3. The fraction of sp³-hybridized carbons (Fsp3) is 0.731. The summed E-state index contributed by atoms with van der Waals surface area (Å²) in [5, 5.41) is 38.3. The number of phenolic OH excluding ortho intramolecular Hbond substituents is 3. The van der Waals surface area contributed by atoms with Gasteiger partial charge in [0.15, 0.2) is 0 Å². The van der Waals surface area contributed by atoms with E-state index in [0.717, 1.165) is 80.9 Å². The van der Waals surface area contributed by atoms with Gasteiger partial charge in [0.2, 0.25) is 0 Å². The fourth-order valence-electron chi connectivity index (χ4n) is 11.6. The van der Waals surface area contributed by atoms with Gasteiger partial charge < -0.3 is 15.3 Å². The summed E-state index contributed by atoms with van der Waals surface area (Å²) in [4.78, 5) is 0. The van der Waals surface area contributed by atoms with Gasteiger partial charge in [0.1, 0.15) is 17.2 Å². The molecule has 398 valence electrons. The van der Waals surface area contributed by atoms with Crippen molar-refractivity contribution in [2.75, 3.05) is 0 Å². The average Bonchev–Trinajstić information content (AvgIpc) is 3.29.